The average Bonchev–Trinajstić information content (AvgIpc) is 2.72. The number of benzene rings is 1. The third-order valence-electron chi connectivity index (χ3n) is 3.65. The third kappa shape index (κ3) is 2.87. The second-order valence-corrected chi connectivity index (χ2v) is 5.27. The second kappa shape index (κ2) is 5.57. The molecule has 0 saturated heterocycles. The number of nitrogens with zero attached hydrogens (tertiary/aromatic N) is 2. The quantitative estimate of drug-likeness (QED) is 0.912. The van der Waals surface area contributed by atoms with Crippen LogP contribution >= 0.6 is 0 Å². The fourth-order valence-corrected chi connectivity index (χ4v) is 2.44. The molecule has 1 N–H and O–H groups in total. The van der Waals surface area contributed by atoms with E-state index in [1.165, 1.54) is 33.5 Å². The van der Waals surface area contributed by atoms with Crippen molar-refractivity contribution in [3.63, 3.8) is 0 Å². The molecule has 0 spiro atoms. The summed E-state index contributed by atoms with van der Waals surface area (Å²) >= 11 is 0. The van der Waals surface area contributed by atoms with Crippen LogP contribution in [0.15, 0.2) is 18.3 Å². The molecule has 3 nitrogen and oxygen atoms in total. The van der Waals surface area contributed by atoms with Crippen LogP contribution in [0.2, 0.25) is 0 Å². The predicted molar refractivity (Wildman–Crippen MR) is 80.5 cm³/mol. The van der Waals surface area contributed by atoms with Crippen molar-refractivity contribution >= 4 is 0 Å². The maximum atomic E-state index is 4.59. The molecule has 2 aromatic rings. The molecule has 0 bridgehead atoms. The van der Waals surface area contributed by atoms with E-state index in [9.17, 15) is 0 Å². The zero-order chi connectivity index (χ0) is 14.0. The lowest BCUT2D eigenvalue weighted by atomic mass is 9.95. The van der Waals surface area contributed by atoms with Gasteiger partial charge in [0, 0.05) is 31.8 Å². The Hall–Kier alpha value is -1.61. The van der Waals surface area contributed by atoms with Crippen molar-refractivity contribution in [2.75, 3.05) is 13.6 Å². The van der Waals surface area contributed by atoms with E-state index >= 15 is 0 Å². The molecule has 2 rings (SSSR count). The average molecular weight is 257 g/mol. The predicted octanol–water partition coefficient (Wildman–Crippen LogP) is 2.77. The number of aryl methyl sites for hydroxylation is 4. The van der Waals surface area contributed by atoms with Crippen molar-refractivity contribution in [1.29, 1.82) is 0 Å². The van der Waals surface area contributed by atoms with Crippen LogP contribution in [0.1, 0.15) is 22.4 Å². The summed E-state index contributed by atoms with van der Waals surface area (Å²) in [6.45, 7) is 7.46. The first kappa shape index (κ1) is 13.8. The molecule has 1 aromatic heterocycles. The third-order valence-corrected chi connectivity index (χ3v) is 3.65. The smallest absolute Gasteiger partial charge is 0.0715 e. The van der Waals surface area contributed by atoms with Gasteiger partial charge in [-0.2, -0.15) is 5.10 Å². The molecule has 0 atom stereocenters. The highest BCUT2D eigenvalue weighted by atomic mass is 15.3. The van der Waals surface area contributed by atoms with Gasteiger partial charge < -0.3 is 5.32 Å². The lowest BCUT2D eigenvalue weighted by Gasteiger charge is -2.10. The summed E-state index contributed by atoms with van der Waals surface area (Å²) in [5.41, 5.74) is 7.75. The Balaban J connectivity index is 2.49. The number of aromatic nitrogens is 2. The summed E-state index contributed by atoms with van der Waals surface area (Å²) in [5.74, 6) is 0. The van der Waals surface area contributed by atoms with Gasteiger partial charge in [-0.05, 0) is 50.1 Å². The molecular formula is C16H23N3. The molecule has 0 saturated carbocycles. The largest absolute Gasteiger partial charge is 0.319 e. The van der Waals surface area contributed by atoms with Gasteiger partial charge in [-0.1, -0.05) is 12.1 Å². The fraction of sp³-hybridized carbons (Fsp3) is 0.438. The maximum Gasteiger partial charge on any atom is 0.0715 e. The first-order valence-corrected chi connectivity index (χ1v) is 6.78. The summed E-state index contributed by atoms with van der Waals surface area (Å²) in [7, 11) is 3.96. The van der Waals surface area contributed by atoms with E-state index < -0.39 is 0 Å². The van der Waals surface area contributed by atoms with Gasteiger partial charge in [-0.25, -0.2) is 0 Å². The van der Waals surface area contributed by atoms with Crippen LogP contribution < -0.4 is 5.32 Å². The van der Waals surface area contributed by atoms with Crippen LogP contribution in [0.4, 0.5) is 0 Å². The minimum absolute atomic E-state index is 0.952. The molecule has 1 heterocycles. The molecule has 0 amide bonds. The van der Waals surface area contributed by atoms with Gasteiger partial charge in [0.15, 0.2) is 0 Å². The van der Waals surface area contributed by atoms with E-state index in [0.29, 0.717) is 0 Å². The van der Waals surface area contributed by atoms with Gasteiger partial charge in [0.1, 0.15) is 0 Å². The summed E-state index contributed by atoms with van der Waals surface area (Å²) in [6.07, 6.45) is 3.08. The topological polar surface area (TPSA) is 29.9 Å². The first-order valence-electron chi connectivity index (χ1n) is 6.78. The molecule has 0 radical (unpaired) electrons. The Morgan fingerprint density at radius 3 is 2.42 bits per heavy atom. The first-order chi connectivity index (χ1) is 9.02. The summed E-state index contributed by atoms with van der Waals surface area (Å²) < 4.78 is 1.91. The van der Waals surface area contributed by atoms with Gasteiger partial charge >= 0.3 is 0 Å². The highest BCUT2D eigenvalue weighted by Gasteiger charge is 2.12. The van der Waals surface area contributed by atoms with E-state index in [0.717, 1.165) is 13.0 Å². The molecule has 0 aliphatic rings. The van der Waals surface area contributed by atoms with Crippen LogP contribution in [-0.2, 0) is 13.5 Å². The molecule has 1 aromatic carbocycles. The fourth-order valence-electron chi connectivity index (χ4n) is 2.44. The minimum atomic E-state index is 0.952. The summed E-state index contributed by atoms with van der Waals surface area (Å²) in [4.78, 5) is 0. The van der Waals surface area contributed by atoms with Crippen LogP contribution in [0.5, 0.6) is 0 Å². The molecule has 0 aliphatic heterocycles. The van der Waals surface area contributed by atoms with Crippen molar-refractivity contribution in [2.24, 2.45) is 7.05 Å². The lowest BCUT2D eigenvalue weighted by molar-refractivity contribution is 0.717. The SMILES string of the molecule is CNCCc1nn(C)cc1-c1cc(C)c(C)cc1C. The molecule has 0 fully saturated rings. The molecule has 3 heteroatoms. The Morgan fingerprint density at radius 1 is 1.05 bits per heavy atom. The molecule has 19 heavy (non-hydrogen) atoms. The van der Waals surface area contributed by atoms with E-state index in [-0.39, 0.29) is 0 Å². The van der Waals surface area contributed by atoms with Crippen LogP contribution in [0, 0.1) is 20.8 Å². The van der Waals surface area contributed by atoms with Crippen molar-refractivity contribution in [3.05, 3.63) is 40.7 Å². The van der Waals surface area contributed by atoms with Gasteiger partial charge in [0.2, 0.25) is 0 Å². The van der Waals surface area contributed by atoms with Gasteiger partial charge in [0.25, 0.3) is 0 Å². The number of nitrogens with one attached hydrogen (secondary N) is 1. The monoisotopic (exact) mass is 257 g/mol. The minimum Gasteiger partial charge on any atom is -0.319 e. The molecule has 0 aliphatic carbocycles. The lowest BCUT2D eigenvalue weighted by Crippen LogP contribution is -2.11. The zero-order valence-corrected chi connectivity index (χ0v) is 12.5. The normalized spacial score (nSPS) is 11.0. The van der Waals surface area contributed by atoms with Crippen LogP contribution in [0.25, 0.3) is 11.1 Å². The Labute approximate surface area is 115 Å². The van der Waals surface area contributed by atoms with Crippen molar-refractivity contribution in [2.45, 2.75) is 27.2 Å². The number of hydrogen-bond acceptors (Lipinski definition) is 2. The summed E-state index contributed by atoms with van der Waals surface area (Å²) in [5, 5.41) is 7.78. The van der Waals surface area contributed by atoms with E-state index in [1.807, 2.05) is 18.8 Å². The van der Waals surface area contributed by atoms with Gasteiger partial charge in [-0.3, -0.25) is 4.68 Å². The number of rotatable bonds is 4. The Morgan fingerprint density at radius 2 is 1.74 bits per heavy atom. The Bertz CT molecular complexity index is 582. The van der Waals surface area contributed by atoms with Crippen LogP contribution in [0.3, 0.4) is 0 Å². The van der Waals surface area contributed by atoms with Crippen molar-refractivity contribution < 1.29 is 0 Å². The van der Waals surface area contributed by atoms with Gasteiger partial charge in [0.05, 0.1) is 5.69 Å². The standard InChI is InChI=1S/C16H23N3/c1-11-8-13(3)14(9-12(11)2)15-10-19(5)18-16(15)6-7-17-4/h8-10,17H,6-7H2,1-5H3. The molecule has 0 unspecified atom stereocenters. The van der Waals surface area contributed by atoms with Gasteiger partial charge in [-0.15, -0.1) is 0 Å². The van der Waals surface area contributed by atoms with Crippen molar-refractivity contribution in [1.82, 2.24) is 15.1 Å². The highest BCUT2D eigenvalue weighted by Crippen LogP contribution is 2.28. The van der Waals surface area contributed by atoms with E-state index in [1.54, 1.807) is 0 Å². The Kier molecular flexibility index (Phi) is 4.05. The molecule has 102 valence electrons. The van der Waals surface area contributed by atoms with E-state index in [4.69, 9.17) is 0 Å². The number of hydrogen-bond donors (Lipinski definition) is 1. The van der Waals surface area contributed by atoms with E-state index in [2.05, 4.69) is 49.5 Å². The van der Waals surface area contributed by atoms with Crippen LogP contribution in [-0.4, -0.2) is 23.4 Å². The number of likely N-dealkylation sites (N-methyl/N-ethyl adjacent to an activating group) is 1. The highest BCUT2D eigenvalue weighted by molar-refractivity contribution is 5.70. The maximum absolute atomic E-state index is 4.59. The molecular weight excluding hydrogens is 234 g/mol. The zero-order valence-electron chi connectivity index (χ0n) is 12.5. The second-order valence-electron chi connectivity index (χ2n) is 5.27. The van der Waals surface area contributed by atoms with Crippen molar-refractivity contribution in [3.8, 4) is 11.1 Å². The summed E-state index contributed by atoms with van der Waals surface area (Å²) in [6, 6.07) is 4.55.